The van der Waals surface area contributed by atoms with Crippen molar-refractivity contribution in [2.75, 3.05) is 0 Å². The summed E-state index contributed by atoms with van der Waals surface area (Å²) in [6.07, 6.45) is 1.98. The summed E-state index contributed by atoms with van der Waals surface area (Å²) in [6, 6.07) is 0. The van der Waals surface area contributed by atoms with E-state index in [0.717, 1.165) is 3.39 Å². The number of halogens is 3. The van der Waals surface area contributed by atoms with Gasteiger partial charge in [-0.2, -0.15) is 0 Å². The molecule has 0 bridgehead atoms. The second-order valence-electron chi connectivity index (χ2n) is 3.59. The summed E-state index contributed by atoms with van der Waals surface area (Å²) in [5, 5.41) is -0.234. The van der Waals surface area contributed by atoms with E-state index in [-0.39, 0.29) is 22.5 Å². The number of carbonyl (C=O) groups is 1. The lowest BCUT2D eigenvalue weighted by Crippen LogP contribution is -1.96. The van der Waals surface area contributed by atoms with Gasteiger partial charge in [0.2, 0.25) is 5.24 Å². The van der Waals surface area contributed by atoms with Gasteiger partial charge >= 0.3 is 0 Å². The zero-order valence-electron chi connectivity index (χ0n) is 6.77. The van der Waals surface area contributed by atoms with Crippen LogP contribution in [0.4, 0.5) is 0 Å². The standard InChI is InChI=1S/C8H9Br2ClO/c1-8(2)4(3-5(9)10)6(8)7(11)12/h3-4,6H,1-2H3/t4-,6+/m0/s1. The summed E-state index contributed by atoms with van der Waals surface area (Å²) in [5.74, 6) is 0.237. The Balaban J connectivity index is 2.73. The van der Waals surface area contributed by atoms with Gasteiger partial charge in [0.1, 0.15) is 0 Å². The molecular weight excluding hydrogens is 307 g/mol. The zero-order chi connectivity index (χ0) is 9.52. The van der Waals surface area contributed by atoms with Crippen LogP contribution in [0.15, 0.2) is 9.47 Å². The van der Waals surface area contributed by atoms with E-state index in [1.807, 2.05) is 19.9 Å². The van der Waals surface area contributed by atoms with Crippen LogP contribution in [0.2, 0.25) is 0 Å². The van der Waals surface area contributed by atoms with Gasteiger partial charge in [0, 0.05) is 5.92 Å². The summed E-state index contributed by atoms with van der Waals surface area (Å²) in [6.45, 7) is 4.09. The molecule has 2 atom stereocenters. The van der Waals surface area contributed by atoms with Crippen LogP contribution in [-0.4, -0.2) is 5.24 Å². The molecule has 0 aliphatic heterocycles. The Hall–Kier alpha value is 0.660. The summed E-state index contributed by atoms with van der Waals surface area (Å²) in [4.78, 5) is 10.9. The van der Waals surface area contributed by atoms with Gasteiger partial charge in [-0.1, -0.05) is 19.9 Å². The van der Waals surface area contributed by atoms with Gasteiger partial charge in [0.05, 0.1) is 3.39 Å². The average molecular weight is 316 g/mol. The molecule has 1 saturated carbocycles. The SMILES string of the molecule is CC1(C)[C@@H](C=C(Br)Br)[C@@H]1C(=O)Cl. The van der Waals surface area contributed by atoms with Crippen LogP contribution < -0.4 is 0 Å². The monoisotopic (exact) mass is 314 g/mol. The molecule has 0 aromatic carbocycles. The highest BCUT2D eigenvalue weighted by atomic mass is 79.9. The van der Waals surface area contributed by atoms with E-state index in [1.54, 1.807) is 0 Å². The Bertz CT molecular complexity index is 243. The highest BCUT2D eigenvalue weighted by molar-refractivity contribution is 9.28. The largest absolute Gasteiger partial charge is 0.281 e. The molecule has 12 heavy (non-hydrogen) atoms. The summed E-state index contributed by atoms with van der Waals surface area (Å²) in [5.41, 5.74) is 0.0195. The second kappa shape index (κ2) is 3.43. The number of rotatable bonds is 2. The first-order valence-corrected chi connectivity index (χ1v) is 5.56. The zero-order valence-corrected chi connectivity index (χ0v) is 10.7. The molecule has 0 saturated heterocycles. The summed E-state index contributed by atoms with van der Waals surface area (Å²) < 4.78 is 0.883. The van der Waals surface area contributed by atoms with Gasteiger partial charge in [-0.15, -0.1) is 0 Å². The van der Waals surface area contributed by atoms with Gasteiger partial charge in [0.25, 0.3) is 0 Å². The fourth-order valence-corrected chi connectivity index (χ4v) is 2.54. The maximum atomic E-state index is 10.9. The maximum absolute atomic E-state index is 10.9. The van der Waals surface area contributed by atoms with Gasteiger partial charge in [-0.3, -0.25) is 4.79 Å². The predicted octanol–water partition coefficient (Wildman–Crippen LogP) is 3.66. The Kier molecular flexibility index (Phi) is 3.07. The van der Waals surface area contributed by atoms with Crippen molar-refractivity contribution in [3.63, 3.8) is 0 Å². The molecule has 1 aliphatic rings. The lowest BCUT2D eigenvalue weighted by atomic mass is 10.1. The van der Waals surface area contributed by atoms with E-state index in [1.165, 1.54) is 0 Å². The van der Waals surface area contributed by atoms with Gasteiger partial charge < -0.3 is 0 Å². The summed E-state index contributed by atoms with van der Waals surface area (Å²) in [7, 11) is 0. The molecule has 0 heterocycles. The van der Waals surface area contributed by atoms with Crippen molar-refractivity contribution >= 4 is 48.7 Å². The Labute approximate surface area is 93.8 Å². The molecule has 0 unspecified atom stereocenters. The van der Waals surface area contributed by atoms with Crippen molar-refractivity contribution in [2.24, 2.45) is 17.3 Å². The van der Waals surface area contributed by atoms with Crippen molar-refractivity contribution < 1.29 is 4.79 Å². The Morgan fingerprint density at radius 3 is 2.25 bits per heavy atom. The predicted molar refractivity (Wildman–Crippen MR) is 57.6 cm³/mol. The molecule has 1 nitrogen and oxygen atoms in total. The molecule has 0 N–H and O–H groups in total. The molecule has 1 aliphatic carbocycles. The molecule has 68 valence electrons. The first-order chi connectivity index (χ1) is 5.37. The minimum absolute atomic E-state index is 0.0195. The molecule has 0 spiro atoms. The van der Waals surface area contributed by atoms with Gasteiger partial charge in [-0.25, -0.2) is 0 Å². The Morgan fingerprint density at radius 1 is 1.50 bits per heavy atom. The number of hydrogen-bond donors (Lipinski definition) is 0. The minimum Gasteiger partial charge on any atom is -0.281 e. The lowest BCUT2D eigenvalue weighted by Gasteiger charge is -1.96. The molecule has 1 fully saturated rings. The van der Waals surface area contributed by atoms with E-state index in [4.69, 9.17) is 11.6 Å². The molecule has 1 rings (SSSR count). The highest BCUT2D eigenvalue weighted by Crippen LogP contribution is 2.60. The Morgan fingerprint density at radius 2 is 2.00 bits per heavy atom. The van der Waals surface area contributed by atoms with E-state index in [9.17, 15) is 4.79 Å². The van der Waals surface area contributed by atoms with Crippen LogP contribution in [0, 0.1) is 17.3 Å². The van der Waals surface area contributed by atoms with Crippen LogP contribution in [-0.2, 0) is 4.79 Å². The highest BCUT2D eigenvalue weighted by Gasteiger charge is 2.59. The van der Waals surface area contributed by atoms with Crippen molar-refractivity contribution in [1.29, 1.82) is 0 Å². The minimum atomic E-state index is -0.234. The quantitative estimate of drug-likeness (QED) is 0.711. The fourth-order valence-electron chi connectivity index (χ4n) is 1.56. The van der Waals surface area contributed by atoms with Crippen molar-refractivity contribution in [3.8, 4) is 0 Å². The topological polar surface area (TPSA) is 17.1 Å². The summed E-state index contributed by atoms with van der Waals surface area (Å²) >= 11 is 12.0. The third-order valence-electron chi connectivity index (χ3n) is 2.46. The smallest absolute Gasteiger partial charge is 0.225 e. The first-order valence-electron chi connectivity index (χ1n) is 3.59. The fraction of sp³-hybridized carbons (Fsp3) is 0.625. The molecule has 4 heteroatoms. The number of allylic oxidation sites excluding steroid dienone is 1. The molecule has 0 radical (unpaired) electrons. The average Bonchev–Trinajstić information content (AvgIpc) is 2.32. The van der Waals surface area contributed by atoms with Crippen molar-refractivity contribution in [2.45, 2.75) is 13.8 Å². The second-order valence-corrected chi connectivity index (χ2v) is 6.73. The number of hydrogen-bond acceptors (Lipinski definition) is 1. The molecular formula is C8H9Br2ClO. The molecule has 0 aromatic heterocycles. The maximum Gasteiger partial charge on any atom is 0.225 e. The van der Waals surface area contributed by atoms with Crippen LogP contribution in [0.3, 0.4) is 0 Å². The van der Waals surface area contributed by atoms with Crippen LogP contribution in [0.5, 0.6) is 0 Å². The molecule has 0 aromatic rings. The van der Waals surface area contributed by atoms with E-state index < -0.39 is 0 Å². The lowest BCUT2D eigenvalue weighted by molar-refractivity contribution is -0.113. The third kappa shape index (κ3) is 1.94. The van der Waals surface area contributed by atoms with Crippen molar-refractivity contribution in [3.05, 3.63) is 9.47 Å². The van der Waals surface area contributed by atoms with E-state index in [0.29, 0.717) is 0 Å². The molecule has 0 amide bonds. The number of carbonyl (C=O) groups excluding carboxylic acids is 1. The van der Waals surface area contributed by atoms with Crippen LogP contribution >= 0.6 is 43.5 Å². The van der Waals surface area contributed by atoms with E-state index >= 15 is 0 Å². The first kappa shape index (κ1) is 10.7. The van der Waals surface area contributed by atoms with Crippen LogP contribution in [0.1, 0.15) is 13.8 Å². The van der Waals surface area contributed by atoms with E-state index in [2.05, 4.69) is 31.9 Å². The van der Waals surface area contributed by atoms with Gasteiger partial charge in [-0.05, 0) is 54.8 Å². The van der Waals surface area contributed by atoms with Crippen LogP contribution in [0.25, 0.3) is 0 Å². The van der Waals surface area contributed by atoms with Crippen molar-refractivity contribution in [1.82, 2.24) is 0 Å². The normalized spacial score (nSPS) is 31.1. The third-order valence-corrected chi connectivity index (χ3v) is 3.22. The van der Waals surface area contributed by atoms with Gasteiger partial charge in [0.15, 0.2) is 0 Å².